The first-order chi connectivity index (χ1) is 6.00. The molecule has 70 valence electrons. The Kier molecular flexibility index (Phi) is 2.27. The number of primary amides is 1. The zero-order valence-electron chi connectivity index (χ0n) is 6.90. The fraction of sp³-hybridized carbons (Fsp3) is 0.333. The number of amides is 1. The van der Waals surface area contributed by atoms with Crippen molar-refractivity contribution in [3.8, 4) is 0 Å². The van der Waals surface area contributed by atoms with Crippen LogP contribution in [0, 0.1) is 6.92 Å². The normalized spacial score (nSPS) is 9.92. The van der Waals surface area contributed by atoms with Gasteiger partial charge in [0.15, 0.2) is 0 Å². The van der Waals surface area contributed by atoms with E-state index in [1.807, 2.05) is 4.98 Å². The highest BCUT2D eigenvalue weighted by molar-refractivity contribution is 5.73. The van der Waals surface area contributed by atoms with Gasteiger partial charge in [-0.2, -0.15) is 5.10 Å². The average Bonchev–Trinajstić information content (AvgIpc) is 1.99. The molecule has 0 unspecified atom stereocenters. The Morgan fingerprint density at radius 3 is 2.77 bits per heavy atom. The van der Waals surface area contributed by atoms with Crippen molar-refractivity contribution in [3.63, 3.8) is 0 Å². The number of aryl methyl sites for hydroxylation is 1. The minimum atomic E-state index is -0.741. The first-order valence-corrected chi connectivity index (χ1v) is 3.47. The van der Waals surface area contributed by atoms with Crippen molar-refractivity contribution >= 4 is 5.91 Å². The number of carbonyl (C=O) groups is 1. The summed E-state index contributed by atoms with van der Waals surface area (Å²) in [7, 11) is 0. The van der Waals surface area contributed by atoms with Crippen LogP contribution in [0.15, 0.2) is 9.59 Å². The number of nitrogens with one attached hydrogen (secondary N) is 1. The first kappa shape index (κ1) is 9.17. The van der Waals surface area contributed by atoms with Crippen LogP contribution in [0.3, 0.4) is 0 Å². The maximum absolute atomic E-state index is 11.0. The number of hydrogen-bond acceptors (Lipinski definition) is 4. The summed E-state index contributed by atoms with van der Waals surface area (Å²) in [6.07, 6.45) is 0. The van der Waals surface area contributed by atoms with Crippen LogP contribution in [0.1, 0.15) is 5.69 Å². The molecule has 3 N–H and O–H groups in total. The van der Waals surface area contributed by atoms with Crippen LogP contribution in [0.2, 0.25) is 0 Å². The van der Waals surface area contributed by atoms with E-state index in [4.69, 9.17) is 5.73 Å². The van der Waals surface area contributed by atoms with Gasteiger partial charge in [0.2, 0.25) is 5.91 Å². The second-order valence-corrected chi connectivity index (χ2v) is 2.47. The van der Waals surface area contributed by atoms with Crippen LogP contribution >= 0.6 is 0 Å². The maximum atomic E-state index is 11.0. The summed E-state index contributed by atoms with van der Waals surface area (Å²) >= 11 is 0. The molecule has 7 nitrogen and oxygen atoms in total. The summed E-state index contributed by atoms with van der Waals surface area (Å²) in [5.41, 5.74) is 3.66. The zero-order valence-corrected chi connectivity index (χ0v) is 6.90. The summed E-state index contributed by atoms with van der Waals surface area (Å²) < 4.78 is 0.805. The molecule has 0 fully saturated rings. The van der Waals surface area contributed by atoms with Gasteiger partial charge >= 0.3 is 5.69 Å². The summed E-state index contributed by atoms with van der Waals surface area (Å²) in [6, 6.07) is 0. The van der Waals surface area contributed by atoms with E-state index < -0.39 is 17.2 Å². The highest BCUT2D eigenvalue weighted by atomic mass is 16.2. The number of rotatable bonds is 2. The first-order valence-electron chi connectivity index (χ1n) is 3.47. The van der Waals surface area contributed by atoms with E-state index in [9.17, 15) is 14.4 Å². The van der Waals surface area contributed by atoms with Crippen LogP contribution in [0.4, 0.5) is 0 Å². The largest absolute Gasteiger partial charge is 0.368 e. The van der Waals surface area contributed by atoms with E-state index in [2.05, 4.69) is 5.10 Å². The Morgan fingerprint density at radius 1 is 1.62 bits per heavy atom. The Morgan fingerprint density at radius 2 is 2.23 bits per heavy atom. The van der Waals surface area contributed by atoms with Crippen LogP contribution < -0.4 is 17.0 Å². The highest BCUT2D eigenvalue weighted by Crippen LogP contribution is 1.75. The Balaban J connectivity index is 3.24. The molecule has 1 aromatic heterocycles. The van der Waals surface area contributed by atoms with Gasteiger partial charge in [-0.15, -0.1) is 0 Å². The molecular formula is C6H8N4O3. The smallest absolute Gasteiger partial charge is 0.345 e. The molecule has 7 heteroatoms. The molecule has 1 aromatic rings. The van der Waals surface area contributed by atoms with E-state index in [-0.39, 0.29) is 12.2 Å². The molecule has 1 heterocycles. The van der Waals surface area contributed by atoms with E-state index >= 15 is 0 Å². The topological polar surface area (TPSA) is 111 Å². The standard InChI is InChI=1S/C6H8N4O3/c1-3-5(12)8-6(13)10(9-3)2-4(7)11/h2H2,1H3,(H2,7,11)(H,8,12,13). The predicted molar refractivity (Wildman–Crippen MR) is 43.0 cm³/mol. The number of H-pyrrole nitrogens is 1. The molecule has 1 rings (SSSR count). The quantitative estimate of drug-likeness (QED) is 0.539. The van der Waals surface area contributed by atoms with Crippen molar-refractivity contribution in [2.45, 2.75) is 13.5 Å². The molecular weight excluding hydrogens is 176 g/mol. The van der Waals surface area contributed by atoms with E-state index in [0.29, 0.717) is 0 Å². The lowest BCUT2D eigenvalue weighted by Gasteiger charge is -1.99. The van der Waals surface area contributed by atoms with E-state index in [1.165, 1.54) is 6.92 Å². The van der Waals surface area contributed by atoms with Crippen LogP contribution in [-0.4, -0.2) is 20.7 Å². The Hall–Kier alpha value is -1.92. The fourth-order valence-corrected chi connectivity index (χ4v) is 0.779. The predicted octanol–water partition coefficient (Wildman–Crippen LogP) is -2.27. The molecule has 0 aliphatic rings. The number of aromatic nitrogens is 3. The second-order valence-electron chi connectivity index (χ2n) is 2.47. The van der Waals surface area contributed by atoms with Crippen molar-refractivity contribution in [2.75, 3.05) is 0 Å². The lowest BCUT2D eigenvalue weighted by atomic mass is 10.5. The van der Waals surface area contributed by atoms with Gasteiger partial charge in [-0.25, -0.2) is 9.48 Å². The third-order valence-electron chi connectivity index (χ3n) is 1.36. The van der Waals surface area contributed by atoms with Gasteiger partial charge in [0.25, 0.3) is 5.56 Å². The monoisotopic (exact) mass is 184 g/mol. The number of aromatic amines is 1. The van der Waals surface area contributed by atoms with Crippen molar-refractivity contribution < 1.29 is 4.79 Å². The third-order valence-corrected chi connectivity index (χ3v) is 1.36. The van der Waals surface area contributed by atoms with Crippen molar-refractivity contribution in [1.82, 2.24) is 14.8 Å². The molecule has 0 spiro atoms. The zero-order chi connectivity index (χ0) is 10.0. The van der Waals surface area contributed by atoms with Gasteiger partial charge in [-0.3, -0.25) is 14.6 Å². The van der Waals surface area contributed by atoms with Gasteiger partial charge < -0.3 is 5.73 Å². The summed E-state index contributed by atoms with van der Waals surface area (Å²) in [4.78, 5) is 34.2. The molecule has 0 aliphatic carbocycles. The van der Waals surface area contributed by atoms with Gasteiger partial charge in [-0.1, -0.05) is 0 Å². The number of nitrogens with two attached hydrogens (primary N) is 1. The fourth-order valence-electron chi connectivity index (χ4n) is 0.779. The molecule has 0 aromatic carbocycles. The van der Waals surface area contributed by atoms with Crippen LogP contribution in [0.25, 0.3) is 0 Å². The van der Waals surface area contributed by atoms with Crippen LogP contribution in [0.5, 0.6) is 0 Å². The van der Waals surface area contributed by atoms with Gasteiger partial charge in [-0.05, 0) is 6.92 Å². The Labute approximate surface area is 72.2 Å². The summed E-state index contributed by atoms with van der Waals surface area (Å²) in [6.45, 7) is 1.09. The Bertz CT molecular complexity index is 444. The molecule has 0 atom stereocenters. The number of nitrogens with zero attached hydrogens (tertiary/aromatic N) is 2. The van der Waals surface area contributed by atoms with E-state index in [0.717, 1.165) is 4.68 Å². The summed E-state index contributed by atoms with van der Waals surface area (Å²) in [5.74, 6) is -0.693. The van der Waals surface area contributed by atoms with Crippen LogP contribution in [-0.2, 0) is 11.3 Å². The number of carbonyl (C=O) groups excluding carboxylic acids is 1. The molecule has 0 saturated carbocycles. The molecule has 0 aliphatic heterocycles. The molecule has 1 amide bonds. The average molecular weight is 184 g/mol. The molecule has 0 radical (unpaired) electrons. The molecule has 13 heavy (non-hydrogen) atoms. The number of hydrogen-bond donors (Lipinski definition) is 2. The van der Waals surface area contributed by atoms with Gasteiger partial charge in [0.1, 0.15) is 12.2 Å². The SMILES string of the molecule is Cc1nn(CC(N)=O)c(=O)[nH]c1=O. The lowest BCUT2D eigenvalue weighted by Crippen LogP contribution is -2.37. The summed E-state index contributed by atoms with van der Waals surface area (Å²) in [5, 5.41) is 3.57. The minimum Gasteiger partial charge on any atom is -0.368 e. The third kappa shape index (κ3) is 2.01. The highest BCUT2D eigenvalue weighted by Gasteiger charge is 2.04. The molecule has 0 bridgehead atoms. The van der Waals surface area contributed by atoms with Gasteiger partial charge in [0, 0.05) is 0 Å². The van der Waals surface area contributed by atoms with E-state index in [1.54, 1.807) is 0 Å². The van der Waals surface area contributed by atoms with Crippen molar-refractivity contribution in [3.05, 3.63) is 26.5 Å². The van der Waals surface area contributed by atoms with Gasteiger partial charge in [0.05, 0.1) is 0 Å². The lowest BCUT2D eigenvalue weighted by molar-refractivity contribution is -0.118. The molecule has 0 saturated heterocycles. The minimum absolute atomic E-state index is 0.112. The van der Waals surface area contributed by atoms with Crippen molar-refractivity contribution in [2.24, 2.45) is 5.73 Å². The van der Waals surface area contributed by atoms with Crippen molar-refractivity contribution in [1.29, 1.82) is 0 Å². The second kappa shape index (κ2) is 3.21. The maximum Gasteiger partial charge on any atom is 0.345 e.